The number of hydrogen-bond acceptors (Lipinski definition) is 3. The molecule has 1 aromatic heterocycles. The Labute approximate surface area is 100 Å². The van der Waals surface area contributed by atoms with Gasteiger partial charge < -0.3 is 14.4 Å². The van der Waals surface area contributed by atoms with Gasteiger partial charge in [-0.3, -0.25) is 0 Å². The van der Waals surface area contributed by atoms with E-state index in [0.29, 0.717) is 6.61 Å². The minimum Gasteiger partial charge on any atom is -0.487 e. The number of rotatable bonds is 5. The third kappa shape index (κ3) is 2.65. The number of imidazole rings is 1. The molecule has 0 unspecified atom stereocenters. The molecule has 0 fully saturated rings. The number of benzene rings is 1. The quantitative estimate of drug-likeness (QED) is 0.857. The first-order valence-electron chi connectivity index (χ1n) is 5.65. The zero-order valence-electron chi connectivity index (χ0n) is 9.84. The second-order valence-corrected chi connectivity index (χ2v) is 3.73. The van der Waals surface area contributed by atoms with Crippen LogP contribution in [0.2, 0.25) is 0 Å². The summed E-state index contributed by atoms with van der Waals surface area (Å²) in [4.78, 5) is 4.08. The molecule has 1 N–H and O–H groups in total. The first-order chi connectivity index (χ1) is 8.35. The Kier molecular flexibility index (Phi) is 3.77. The molecule has 4 nitrogen and oxygen atoms in total. The zero-order chi connectivity index (χ0) is 12.1. The summed E-state index contributed by atoms with van der Waals surface area (Å²) in [5.74, 6) is 0.721. The second kappa shape index (κ2) is 5.50. The molecule has 0 bridgehead atoms. The highest BCUT2D eigenvalue weighted by Gasteiger charge is 2.04. The van der Waals surface area contributed by atoms with E-state index in [1.54, 1.807) is 12.5 Å². The summed E-state index contributed by atoms with van der Waals surface area (Å²) in [7, 11) is 0. The lowest BCUT2D eigenvalue weighted by Gasteiger charge is -2.10. The molecular formula is C13H16N2O2. The van der Waals surface area contributed by atoms with Crippen molar-refractivity contribution in [3.05, 3.63) is 48.0 Å². The predicted molar refractivity (Wildman–Crippen MR) is 64.6 cm³/mol. The van der Waals surface area contributed by atoms with Gasteiger partial charge in [0, 0.05) is 12.1 Å². The molecule has 1 aromatic carbocycles. The standard InChI is InChI=1S/C13H16N2O2/c1-2-15-10-14-7-12(15)9-17-13-6-4-3-5-11(13)8-16/h3-7,10,16H,2,8-9H2,1H3. The summed E-state index contributed by atoms with van der Waals surface area (Å²) in [6.07, 6.45) is 3.59. The molecular weight excluding hydrogens is 216 g/mol. The fourth-order valence-corrected chi connectivity index (χ4v) is 1.68. The smallest absolute Gasteiger partial charge is 0.130 e. The summed E-state index contributed by atoms with van der Waals surface area (Å²) < 4.78 is 7.72. The summed E-state index contributed by atoms with van der Waals surface area (Å²) in [5, 5.41) is 9.18. The van der Waals surface area contributed by atoms with Gasteiger partial charge in [0.05, 0.1) is 24.8 Å². The molecule has 2 rings (SSSR count). The maximum Gasteiger partial charge on any atom is 0.130 e. The Morgan fingerprint density at radius 2 is 2.18 bits per heavy atom. The van der Waals surface area contributed by atoms with E-state index in [4.69, 9.17) is 4.74 Å². The van der Waals surface area contributed by atoms with Crippen LogP contribution in [0.25, 0.3) is 0 Å². The molecule has 90 valence electrons. The second-order valence-electron chi connectivity index (χ2n) is 3.73. The Morgan fingerprint density at radius 1 is 1.35 bits per heavy atom. The van der Waals surface area contributed by atoms with E-state index in [1.165, 1.54) is 0 Å². The summed E-state index contributed by atoms with van der Waals surface area (Å²) in [5.41, 5.74) is 1.83. The van der Waals surface area contributed by atoms with Crippen molar-refractivity contribution in [2.45, 2.75) is 26.7 Å². The molecule has 2 aromatic rings. The van der Waals surface area contributed by atoms with Crippen molar-refractivity contribution in [3.8, 4) is 5.75 Å². The topological polar surface area (TPSA) is 47.3 Å². The van der Waals surface area contributed by atoms with Crippen molar-refractivity contribution in [1.82, 2.24) is 9.55 Å². The van der Waals surface area contributed by atoms with Crippen LogP contribution >= 0.6 is 0 Å². The minimum absolute atomic E-state index is 0.0107. The number of nitrogens with zero attached hydrogens (tertiary/aromatic N) is 2. The lowest BCUT2D eigenvalue weighted by atomic mass is 10.2. The number of ether oxygens (including phenoxy) is 1. The third-order valence-corrected chi connectivity index (χ3v) is 2.66. The van der Waals surface area contributed by atoms with Gasteiger partial charge >= 0.3 is 0 Å². The normalized spacial score (nSPS) is 10.5. The Bertz CT molecular complexity index is 480. The van der Waals surface area contributed by atoms with E-state index in [0.717, 1.165) is 23.6 Å². The van der Waals surface area contributed by atoms with Crippen molar-refractivity contribution in [2.24, 2.45) is 0 Å². The Balaban J connectivity index is 2.07. The van der Waals surface area contributed by atoms with E-state index in [2.05, 4.69) is 11.9 Å². The lowest BCUT2D eigenvalue weighted by molar-refractivity contribution is 0.255. The van der Waals surface area contributed by atoms with Gasteiger partial charge in [-0.15, -0.1) is 0 Å². The van der Waals surface area contributed by atoms with Gasteiger partial charge in [-0.25, -0.2) is 4.98 Å². The highest BCUT2D eigenvalue weighted by molar-refractivity contribution is 5.32. The molecule has 0 aliphatic heterocycles. The average molecular weight is 232 g/mol. The molecule has 0 atom stereocenters. The number of aliphatic hydroxyl groups is 1. The molecule has 0 saturated carbocycles. The summed E-state index contributed by atoms with van der Waals surface area (Å²) >= 11 is 0. The number of aryl methyl sites for hydroxylation is 1. The summed E-state index contributed by atoms with van der Waals surface area (Å²) in [6.45, 7) is 3.39. The van der Waals surface area contributed by atoms with E-state index in [-0.39, 0.29) is 6.61 Å². The monoisotopic (exact) mass is 232 g/mol. The van der Waals surface area contributed by atoms with Gasteiger partial charge in [0.15, 0.2) is 0 Å². The SMILES string of the molecule is CCn1cncc1COc1ccccc1CO. The van der Waals surface area contributed by atoms with Gasteiger partial charge in [0.25, 0.3) is 0 Å². The third-order valence-electron chi connectivity index (χ3n) is 2.66. The van der Waals surface area contributed by atoms with Crippen LogP contribution < -0.4 is 4.74 Å². The van der Waals surface area contributed by atoms with Gasteiger partial charge in [0.1, 0.15) is 12.4 Å². The fraction of sp³-hybridized carbons (Fsp3) is 0.308. The average Bonchev–Trinajstić information content (AvgIpc) is 2.84. The van der Waals surface area contributed by atoms with E-state index >= 15 is 0 Å². The van der Waals surface area contributed by atoms with Gasteiger partial charge in [0.2, 0.25) is 0 Å². The molecule has 4 heteroatoms. The van der Waals surface area contributed by atoms with Crippen LogP contribution in [0.15, 0.2) is 36.8 Å². The van der Waals surface area contributed by atoms with Crippen molar-refractivity contribution >= 4 is 0 Å². The number of aliphatic hydroxyl groups excluding tert-OH is 1. The molecule has 0 amide bonds. The van der Waals surface area contributed by atoms with Gasteiger partial charge in [-0.2, -0.15) is 0 Å². The lowest BCUT2D eigenvalue weighted by Crippen LogP contribution is -2.04. The van der Waals surface area contributed by atoms with Crippen LogP contribution in [-0.4, -0.2) is 14.7 Å². The van der Waals surface area contributed by atoms with Crippen LogP contribution in [0.4, 0.5) is 0 Å². The van der Waals surface area contributed by atoms with Crippen LogP contribution in [0.5, 0.6) is 5.75 Å². The predicted octanol–water partition coefficient (Wildman–Crippen LogP) is 1.97. The highest BCUT2D eigenvalue weighted by Crippen LogP contribution is 2.19. The van der Waals surface area contributed by atoms with Gasteiger partial charge in [-0.05, 0) is 13.0 Å². The molecule has 0 saturated heterocycles. The highest BCUT2D eigenvalue weighted by atomic mass is 16.5. The molecule has 17 heavy (non-hydrogen) atoms. The van der Waals surface area contributed by atoms with Gasteiger partial charge in [-0.1, -0.05) is 18.2 Å². The number of para-hydroxylation sites is 1. The largest absolute Gasteiger partial charge is 0.487 e. The van der Waals surface area contributed by atoms with E-state index in [9.17, 15) is 5.11 Å². The zero-order valence-corrected chi connectivity index (χ0v) is 9.84. The molecule has 0 spiro atoms. The molecule has 0 aliphatic carbocycles. The molecule has 0 radical (unpaired) electrons. The van der Waals surface area contributed by atoms with Crippen LogP contribution in [0.1, 0.15) is 18.2 Å². The minimum atomic E-state index is -0.0107. The van der Waals surface area contributed by atoms with E-state index < -0.39 is 0 Å². The van der Waals surface area contributed by atoms with Crippen LogP contribution in [0.3, 0.4) is 0 Å². The maximum atomic E-state index is 9.18. The van der Waals surface area contributed by atoms with Crippen molar-refractivity contribution in [3.63, 3.8) is 0 Å². The van der Waals surface area contributed by atoms with Crippen molar-refractivity contribution < 1.29 is 9.84 Å². The fourth-order valence-electron chi connectivity index (χ4n) is 1.68. The summed E-state index contributed by atoms with van der Waals surface area (Å²) in [6, 6.07) is 7.49. The molecule has 0 aliphatic rings. The Morgan fingerprint density at radius 3 is 2.94 bits per heavy atom. The molecule has 1 heterocycles. The first kappa shape index (κ1) is 11.7. The van der Waals surface area contributed by atoms with Crippen LogP contribution in [0, 0.1) is 0 Å². The number of aromatic nitrogens is 2. The van der Waals surface area contributed by atoms with Crippen LogP contribution in [-0.2, 0) is 19.8 Å². The van der Waals surface area contributed by atoms with Crippen molar-refractivity contribution in [2.75, 3.05) is 0 Å². The van der Waals surface area contributed by atoms with Crippen molar-refractivity contribution in [1.29, 1.82) is 0 Å². The van der Waals surface area contributed by atoms with E-state index in [1.807, 2.05) is 28.8 Å². The Hall–Kier alpha value is -1.81. The number of hydrogen-bond donors (Lipinski definition) is 1. The first-order valence-corrected chi connectivity index (χ1v) is 5.65. The maximum absolute atomic E-state index is 9.18.